The first kappa shape index (κ1) is 20.9. The number of nitrogens with one attached hydrogen (secondary N) is 1. The highest BCUT2D eigenvalue weighted by molar-refractivity contribution is 5.82. The Morgan fingerprint density at radius 2 is 1.97 bits per heavy atom. The lowest BCUT2D eigenvalue weighted by Crippen LogP contribution is -2.30. The Morgan fingerprint density at radius 3 is 2.75 bits per heavy atom. The van der Waals surface area contributed by atoms with Crippen LogP contribution in [0.15, 0.2) is 43.0 Å². The van der Waals surface area contributed by atoms with Gasteiger partial charge < -0.3 is 20.3 Å². The fourth-order valence-corrected chi connectivity index (χ4v) is 4.28. The maximum absolute atomic E-state index is 13.9. The molecule has 168 valence electrons. The maximum Gasteiger partial charge on any atom is 0.167 e. The van der Waals surface area contributed by atoms with Crippen LogP contribution in [0.25, 0.3) is 17.2 Å². The lowest BCUT2D eigenvalue weighted by molar-refractivity contribution is -0.0243. The average Bonchev–Trinajstić information content (AvgIpc) is 3.47. The van der Waals surface area contributed by atoms with Crippen molar-refractivity contribution in [3.63, 3.8) is 0 Å². The minimum atomic E-state index is -1.25. The summed E-state index contributed by atoms with van der Waals surface area (Å²) in [5.74, 6) is 0.0869. The van der Waals surface area contributed by atoms with E-state index in [9.17, 15) is 19.0 Å². The van der Waals surface area contributed by atoms with Gasteiger partial charge in [0.1, 0.15) is 36.6 Å². The topological polar surface area (TPSA) is 105 Å². The number of ether oxygens (including phenoxy) is 1. The lowest BCUT2D eigenvalue weighted by Gasteiger charge is -2.17. The highest BCUT2D eigenvalue weighted by Gasteiger charge is 2.43. The molecule has 0 bridgehead atoms. The van der Waals surface area contributed by atoms with Crippen LogP contribution in [0.5, 0.6) is 0 Å². The third kappa shape index (κ3) is 3.85. The molecule has 10 heteroatoms. The summed E-state index contributed by atoms with van der Waals surface area (Å²) in [5, 5.41) is 24.3. The van der Waals surface area contributed by atoms with Gasteiger partial charge in [-0.2, -0.15) is 0 Å². The van der Waals surface area contributed by atoms with E-state index in [0.717, 1.165) is 0 Å². The summed E-state index contributed by atoms with van der Waals surface area (Å²) in [6.07, 6.45) is 2.38. The van der Waals surface area contributed by atoms with Crippen LogP contribution in [0, 0.1) is 5.82 Å². The van der Waals surface area contributed by atoms with E-state index in [0.29, 0.717) is 41.8 Å². The van der Waals surface area contributed by atoms with Crippen LogP contribution in [0.3, 0.4) is 0 Å². The number of imidazole rings is 1. The fourth-order valence-electron chi connectivity index (χ4n) is 4.28. The zero-order chi connectivity index (χ0) is 22.2. The molecule has 0 amide bonds. The summed E-state index contributed by atoms with van der Waals surface area (Å²) in [6.45, 7) is 0. The predicted molar refractivity (Wildman–Crippen MR) is 113 cm³/mol. The van der Waals surface area contributed by atoms with Gasteiger partial charge in [-0.3, -0.25) is 4.57 Å². The van der Waals surface area contributed by atoms with Crippen LogP contribution in [0.4, 0.5) is 14.6 Å². The zero-order valence-electron chi connectivity index (χ0n) is 17.1. The van der Waals surface area contributed by atoms with Crippen LogP contribution >= 0.6 is 0 Å². The molecule has 5 rings (SSSR count). The predicted octanol–water partition coefficient (Wildman–Crippen LogP) is 2.60. The van der Waals surface area contributed by atoms with E-state index < -0.39 is 36.5 Å². The van der Waals surface area contributed by atoms with Gasteiger partial charge in [0.25, 0.3) is 0 Å². The minimum absolute atomic E-state index is 0.0312. The number of nitrogens with zero attached hydrogens (tertiary/aromatic N) is 4. The van der Waals surface area contributed by atoms with Crippen molar-refractivity contribution in [2.45, 2.75) is 56.0 Å². The monoisotopic (exact) mass is 443 g/mol. The first-order valence-electron chi connectivity index (χ1n) is 10.5. The van der Waals surface area contributed by atoms with E-state index in [1.54, 1.807) is 18.2 Å². The number of halogens is 2. The number of aliphatic hydroxyl groups excluding tert-OH is 2. The van der Waals surface area contributed by atoms with Crippen LogP contribution < -0.4 is 5.32 Å². The SMILES string of the molecule is O[C@@H]1[C@@H](O)[C@@H](C=Cc2ccccc2F)O[C@H]1n1cnc2c(NC3CCC(F)C3)ncnc21. The number of alkyl halides is 1. The van der Waals surface area contributed by atoms with Crippen LogP contribution in [0.2, 0.25) is 0 Å². The standard InChI is InChI=1S/C22H23F2N5O3/c23-13-6-7-14(9-13)28-20-17-21(26-10-25-20)29(11-27-17)22-19(31)18(30)16(32-22)8-5-12-3-1-2-4-15(12)24/h1-5,8,10-11,13-14,16,18-19,22,30-31H,6-7,9H2,(H,25,26,28)/t13?,14?,16-,18+,19-,22-/m1/s1. The smallest absolute Gasteiger partial charge is 0.167 e. The molecule has 32 heavy (non-hydrogen) atoms. The van der Waals surface area contributed by atoms with Crippen molar-refractivity contribution in [1.82, 2.24) is 19.5 Å². The van der Waals surface area contributed by atoms with Crippen molar-refractivity contribution in [2.75, 3.05) is 5.32 Å². The molecule has 6 atom stereocenters. The fraction of sp³-hybridized carbons (Fsp3) is 0.409. The van der Waals surface area contributed by atoms with E-state index in [4.69, 9.17) is 4.74 Å². The molecule has 2 aliphatic rings. The highest BCUT2D eigenvalue weighted by Crippen LogP contribution is 2.34. The Balaban J connectivity index is 1.38. The maximum atomic E-state index is 13.9. The summed E-state index contributed by atoms with van der Waals surface area (Å²) in [4.78, 5) is 12.9. The van der Waals surface area contributed by atoms with E-state index >= 15 is 0 Å². The van der Waals surface area contributed by atoms with Gasteiger partial charge in [0, 0.05) is 11.6 Å². The van der Waals surface area contributed by atoms with Gasteiger partial charge in [0.05, 0.1) is 6.33 Å². The van der Waals surface area contributed by atoms with Crippen molar-refractivity contribution >= 4 is 23.1 Å². The Bertz CT molecular complexity index is 1140. The first-order chi connectivity index (χ1) is 15.5. The molecular weight excluding hydrogens is 420 g/mol. The normalized spacial score (nSPS) is 30.5. The number of hydrogen-bond donors (Lipinski definition) is 3. The number of fused-ring (bicyclic) bond motifs is 1. The number of rotatable bonds is 5. The van der Waals surface area contributed by atoms with Crippen LogP contribution in [-0.2, 0) is 4.74 Å². The Hall–Kier alpha value is -2.95. The van der Waals surface area contributed by atoms with Gasteiger partial charge in [0.2, 0.25) is 0 Å². The van der Waals surface area contributed by atoms with Crippen molar-refractivity contribution in [1.29, 1.82) is 0 Å². The molecule has 1 aliphatic heterocycles. The van der Waals surface area contributed by atoms with Gasteiger partial charge in [-0.25, -0.2) is 23.7 Å². The van der Waals surface area contributed by atoms with E-state index in [1.807, 2.05) is 0 Å². The van der Waals surface area contributed by atoms with Crippen molar-refractivity contribution in [2.24, 2.45) is 0 Å². The Morgan fingerprint density at radius 1 is 1.12 bits per heavy atom. The first-order valence-corrected chi connectivity index (χ1v) is 10.5. The number of benzene rings is 1. The molecule has 0 radical (unpaired) electrons. The molecule has 1 aliphatic carbocycles. The number of aromatic nitrogens is 4. The summed E-state index contributed by atoms with van der Waals surface area (Å²) in [5.41, 5.74) is 1.22. The van der Waals surface area contributed by atoms with Gasteiger partial charge in [-0.05, 0) is 25.3 Å². The quantitative estimate of drug-likeness (QED) is 0.557. The Kier molecular flexibility index (Phi) is 5.58. The molecule has 2 fully saturated rings. The molecule has 3 N–H and O–H groups in total. The Labute approximate surface area is 182 Å². The summed E-state index contributed by atoms with van der Waals surface area (Å²) < 4.78 is 34.8. The van der Waals surface area contributed by atoms with Crippen LogP contribution in [-0.4, -0.2) is 60.3 Å². The molecule has 1 saturated carbocycles. The molecule has 2 unspecified atom stereocenters. The van der Waals surface area contributed by atoms with Gasteiger partial charge in [-0.1, -0.05) is 30.4 Å². The molecular formula is C22H23F2N5O3. The van der Waals surface area contributed by atoms with Gasteiger partial charge in [-0.15, -0.1) is 0 Å². The number of aliphatic hydroxyl groups is 2. The molecule has 8 nitrogen and oxygen atoms in total. The second kappa shape index (κ2) is 8.53. The number of hydrogen-bond acceptors (Lipinski definition) is 7. The number of anilines is 1. The third-order valence-electron chi connectivity index (χ3n) is 5.99. The second-order valence-electron chi connectivity index (χ2n) is 8.15. The van der Waals surface area contributed by atoms with Crippen molar-refractivity contribution in [3.05, 3.63) is 54.4 Å². The van der Waals surface area contributed by atoms with Gasteiger partial charge >= 0.3 is 0 Å². The molecule has 3 heterocycles. The highest BCUT2D eigenvalue weighted by atomic mass is 19.1. The van der Waals surface area contributed by atoms with E-state index in [1.165, 1.54) is 35.4 Å². The largest absolute Gasteiger partial charge is 0.387 e. The molecule has 3 aromatic rings. The molecule has 0 spiro atoms. The van der Waals surface area contributed by atoms with E-state index in [-0.39, 0.29) is 6.04 Å². The lowest BCUT2D eigenvalue weighted by atomic mass is 10.1. The van der Waals surface area contributed by atoms with E-state index in [2.05, 4.69) is 20.3 Å². The van der Waals surface area contributed by atoms with Gasteiger partial charge in [0.15, 0.2) is 23.2 Å². The second-order valence-corrected chi connectivity index (χ2v) is 8.15. The zero-order valence-corrected chi connectivity index (χ0v) is 17.1. The summed E-state index contributed by atoms with van der Waals surface area (Å²) >= 11 is 0. The molecule has 2 aromatic heterocycles. The molecule has 1 aromatic carbocycles. The van der Waals surface area contributed by atoms with Crippen LogP contribution in [0.1, 0.15) is 31.1 Å². The third-order valence-corrected chi connectivity index (χ3v) is 5.99. The minimum Gasteiger partial charge on any atom is -0.387 e. The average molecular weight is 443 g/mol. The van der Waals surface area contributed by atoms with Crippen molar-refractivity contribution in [3.8, 4) is 0 Å². The summed E-state index contributed by atoms with van der Waals surface area (Å²) in [7, 11) is 0. The summed E-state index contributed by atoms with van der Waals surface area (Å²) in [6, 6.07) is 6.20. The molecule has 1 saturated heterocycles. The van der Waals surface area contributed by atoms with Crippen molar-refractivity contribution < 1.29 is 23.7 Å².